The first kappa shape index (κ1) is 20.6. The SMILES string of the molecule is C=CC(C)c1scc(-c2ccccc2S(N)(=O)=O)c1-c1ccc(OC)c(Cl)c1. The fourth-order valence-corrected chi connectivity index (χ4v) is 5.23. The Balaban J connectivity index is 2.33. The van der Waals surface area contributed by atoms with E-state index in [9.17, 15) is 8.42 Å². The third kappa shape index (κ3) is 3.86. The molecule has 1 atom stereocenters. The van der Waals surface area contributed by atoms with E-state index in [1.165, 1.54) is 6.07 Å². The van der Waals surface area contributed by atoms with E-state index >= 15 is 0 Å². The van der Waals surface area contributed by atoms with Crippen molar-refractivity contribution in [3.05, 3.63) is 70.4 Å². The van der Waals surface area contributed by atoms with Crippen LogP contribution in [0.15, 0.2) is 65.4 Å². The first-order valence-corrected chi connectivity index (χ1v) is 11.3. The first-order chi connectivity index (χ1) is 13.3. The van der Waals surface area contributed by atoms with Crippen LogP contribution in [0.3, 0.4) is 0 Å². The molecular formula is C21H20ClNO3S2. The van der Waals surface area contributed by atoms with Crippen LogP contribution >= 0.6 is 22.9 Å². The summed E-state index contributed by atoms with van der Waals surface area (Å²) < 4.78 is 29.5. The number of methoxy groups -OCH3 is 1. The highest BCUT2D eigenvalue weighted by molar-refractivity contribution is 7.89. The third-order valence-corrected chi connectivity index (χ3v) is 6.96. The minimum atomic E-state index is -3.88. The minimum Gasteiger partial charge on any atom is -0.495 e. The number of halogens is 1. The second-order valence-corrected chi connectivity index (χ2v) is 9.15. The summed E-state index contributed by atoms with van der Waals surface area (Å²) in [6.45, 7) is 5.94. The average molecular weight is 434 g/mol. The zero-order chi connectivity index (χ0) is 20.5. The molecule has 2 N–H and O–H groups in total. The number of nitrogens with two attached hydrogens (primary N) is 1. The number of benzene rings is 2. The summed E-state index contributed by atoms with van der Waals surface area (Å²) in [5.74, 6) is 0.654. The Hall–Kier alpha value is -2.12. The molecule has 0 saturated carbocycles. The van der Waals surface area contributed by atoms with Crippen molar-refractivity contribution < 1.29 is 13.2 Å². The van der Waals surface area contributed by atoms with Crippen LogP contribution in [0.1, 0.15) is 17.7 Å². The number of hydrogen-bond donors (Lipinski definition) is 1. The summed E-state index contributed by atoms with van der Waals surface area (Å²) in [7, 11) is -2.32. The summed E-state index contributed by atoms with van der Waals surface area (Å²) in [4.78, 5) is 1.15. The lowest BCUT2D eigenvalue weighted by molar-refractivity contribution is 0.415. The molecule has 0 spiro atoms. The van der Waals surface area contributed by atoms with Crippen molar-refractivity contribution in [2.24, 2.45) is 5.14 Å². The van der Waals surface area contributed by atoms with Gasteiger partial charge in [-0.1, -0.05) is 48.9 Å². The lowest BCUT2D eigenvalue weighted by Crippen LogP contribution is -2.13. The van der Waals surface area contributed by atoms with Gasteiger partial charge in [-0.15, -0.1) is 17.9 Å². The van der Waals surface area contributed by atoms with Crippen LogP contribution in [-0.2, 0) is 10.0 Å². The Labute approximate surface area is 174 Å². The van der Waals surface area contributed by atoms with Gasteiger partial charge in [0.25, 0.3) is 0 Å². The van der Waals surface area contributed by atoms with Gasteiger partial charge in [0, 0.05) is 27.5 Å². The topological polar surface area (TPSA) is 69.4 Å². The molecule has 7 heteroatoms. The second kappa shape index (κ2) is 8.09. The Morgan fingerprint density at radius 2 is 1.93 bits per heavy atom. The molecule has 2 aromatic carbocycles. The van der Waals surface area contributed by atoms with Gasteiger partial charge in [0.1, 0.15) is 5.75 Å². The van der Waals surface area contributed by atoms with Gasteiger partial charge in [0.2, 0.25) is 10.0 Å². The lowest BCUT2D eigenvalue weighted by atomic mass is 9.93. The Morgan fingerprint density at radius 3 is 2.54 bits per heavy atom. The molecule has 0 aliphatic carbocycles. The van der Waals surface area contributed by atoms with Gasteiger partial charge in [-0.25, -0.2) is 13.6 Å². The highest BCUT2D eigenvalue weighted by Gasteiger charge is 2.23. The van der Waals surface area contributed by atoms with Crippen molar-refractivity contribution in [2.75, 3.05) is 7.11 Å². The average Bonchev–Trinajstić information content (AvgIpc) is 3.11. The van der Waals surface area contributed by atoms with E-state index in [4.69, 9.17) is 21.5 Å². The molecular weight excluding hydrogens is 414 g/mol. The van der Waals surface area contributed by atoms with Crippen LogP contribution in [0.5, 0.6) is 5.75 Å². The zero-order valence-corrected chi connectivity index (χ0v) is 17.9. The summed E-state index contributed by atoms with van der Waals surface area (Å²) in [6.07, 6.45) is 1.86. The third-order valence-electron chi connectivity index (χ3n) is 4.51. The molecule has 1 unspecified atom stereocenters. The molecule has 0 aliphatic rings. The highest BCUT2D eigenvalue weighted by atomic mass is 35.5. The maximum Gasteiger partial charge on any atom is 0.238 e. The fourth-order valence-electron chi connectivity index (χ4n) is 3.07. The smallest absolute Gasteiger partial charge is 0.238 e. The maximum atomic E-state index is 12.1. The number of sulfonamides is 1. The van der Waals surface area contributed by atoms with Crippen molar-refractivity contribution >= 4 is 33.0 Å². The van der Waals surface area contributed by atoms with Gasteiger partial charge in [0.15, 0.2) is 0 Å². The molecule has 28 heavy (non-hydrogen) atoms. The molecule has 0 bridgehead atoms. The first-order valence-electron chi connectivity index (χ1n) is 8.48. The number of thiophene rings is 1. The van der Waals surface area contributed by atoms with E-state index in [1.807, 2.05) is 30.5 Å². The van der Waals surface area contributed by atoms with Gasteiger partial charge in [-0.2, -0.15) is 0 Å². The monoisotopic (exact) mass is 433 g/mol. The molecule has 0 fully saturated rings. The molecule has 0 amide bonds. The number of rotatable bonds is 6. The van der Waals surface area contributed by atoms with Crippen molar-refractivity contribution in [2.45, 2.75) is 17.7 Å². The van der Waals surface area contributed by atoms with Crippen LogP contribution in [0.4, 0.5) is 0 Å². The highest BCUT2D eigenvalue weighted by Crippen LogP contribution is 2.45. The Morgan fingerprint density at radius 1 is 1.21 bits per heavy atom. The summed E-state index contributed by atoms with van der Waals surface area (Å²) in [6, 6.07) is 12.3. The van der Waals surface area contributed by atoms with Crippen molar-refractivity contribution in [1.29, 1.82) is 0 Å². The van der Waals surface area contributed by atoms with E-state index in [0.717, 1.165) is 21.6 Å². The summed E-state index contributed by atoms with van der Waals surface area (Å²) in [5.41, 5.74) is 3.14. The number of hydrogen-bond acceptors (Lipinski definition) is 4. The Bertz CT molecular complexity index is 1140. The van der Waals surface area contributed by atoms with E-state index in [2.05, 4.69) is 6.58 Å². The van der Waals surface area contributed by atoms with Gasteiger partial charge in [0.05, 0.1) is 17.0 Å². The van der Waals surface area contributed by atoms with Crippen LogP contribution in [0.25, 0.3) is 22.3 Å². The molecule has 1 heterocycles. The molecule has 0 radical (unpaired) electrons. The van der Waals surface area contributed by atoms with Gasteiger partial charge in [-0.3, -0.25) is 0 Å². The van der Waals surface area contributed by atoms with Crippen molar-refractivity contribution in [3.8, 4) is 28.0 Å². The van der Waals surface area contributed by atoms with Crippen LogP contribution in [-0.4, -0.2) is 15.5 Å². The van der Waals surface area contributed by atoms with Gasteiger partial charge in [-0.05, 0) is 29.1 Å². The molecule has 3 aromatic rings. The van der Waals surface area contributed by atoms with E-state index < -0.39 is 10.0 Å². The van der Waals surface area contributed by atoms with Gasteiger partial charge < -0.3 is 4.74 Å². The molecule has 0 aliphatic heterocycles. The van der Waals surface area contributed by atoms with Crippen molar-refractivity contribution in [1.82, 2.24) is 0 Å². The van der Waals surface area contributed by atoms with E-state index in [0.29, 0.717) is 16.3 Å². The van der Waals surface area contributed by atoms with Crippen LogP contribution in [0, 0.1) is 0 Å². The maximum absolute atomic E-state index is 12.1. The predicted molar refractivity (Wildman–Crippen MR) is 117 cm³/mol. The fraction of sp³-hybridized carbons (Fsp3) is 0.143. The predicted octanol–water partition coefficient (Wildman–Crippen LogP) is 5.68. The zero-order valence-electron chi connectivity index (χ0n) is 15.5. The molecule has 4 nitrogen and oxygen atoms in total. The summed E-state index contributed by atoms with van der Waals surface area (Å²) in [5, 5.41) is 7.89. The second-order valence-electron chi connectivity index (χ2n) is 6.30. The van der Waals surface area contributed by atoms with Crippen molar-refractivity contribution in [3.63, 3.8) is 0 Å². The number of allylic oxidation sites excluding steroid dienone is 1. The molecule has 146 valence electrons. The van der Waals surface area contributed by atoms with E-state index in [1.54, 1.807) is 42.7 Å². The lowest BCUT2D eigenvalue weighted by Gasteiger charge is -2.14. The number of ether oxygens (including phenoxy) is 1. The normalized spacial score (nSPS) is 12.6. The molecule has 3 rings (SSSR count). The number of primary sulfonamides is 1. The Kier molecular flexibility index (Phi) is 5.95. The van der Waals surface area contributed by atoms with E-state index in [-0.39, 0.29) is 10.8 Å². The largest absolute Gasteiger partial charge is 0.495 e. The summed E-state index contributed by atoms with van der Waals surface area (Å²) >= 11 is 7.91. The van der Waals surface area contributed by atoms with Gasteiger partial charge >= 0.3 is 0 Å². The van der Waals surface area contributed by atoms with Crippen LogP contribution in [0.2, 0.25) is 5.02 Å². The molecule has 0 saturated heterocycles. The van der Waals surface area contributed by atoms with Crippen LogP contribution < -0.4 is 9.88 Å². The standard InChI is InChI=1S/C21H20ClNO3S2/c1-4-13(2)21-20(14-9-10-18(26-3)17(22)11-14)16(12-27-21)15-7-5-6-8-19(15)28(23,24)25/h4-13H,1H2,2-3H3,(H2,23,24,25). The molecule has 1 aromatic heterocycles. The quantitative estimate of drug-likeness (QED) is 0.508. The minimum absolute atomic E-state index is 0.0799.